The molecule has 2 rings (SSSR count). The summed E-state index contributed by atoms with van der Waals surface area (Å²) < 4.78 is 25.7. The quantitative estimate of drug-likeness (QED) is 0.729. The summed E-state index contributed by atoms with van der Waals surface area (Å²) >= 11 is 0. The Morgan fingerprint density at radius 3 is 2.79 bits per heavy atom. The highest BCUT2D eigenvalue weighted by Crippen LogP contribution is 2.12. The molecule has 0 atom stereocenters. The fraction of sp³-hybridized carbons (Fsp3) is 0.375. The smallest absolute Gasteiger partial charge is 0.238 e. The minimum absolute atomic E-state index is 0.317. The molecule has 0 aromatic carbocycles. The molecule has 6 heteroatoms. The number of anilines is 1. The van der Waals surface area contributed by atoms with Gasteiger partial charge in [-0.25, -0.2) is 8.42 Å². The van der Waals surface area contributed by atoms with Crippen LogP contribution in [0.2, 0.25) is 0 Å². The van der Waals surface area contributed by atoms with Crippen LogP contribution in [0.5, 0.6) is 0 Å². The van der Waals surface area contributed by atoms with Gasteiger partial charge in [0.25, 0.3) is 0 Å². The minimum Gasteiger partial charge on any atom is -0.314 e. The molecule has 0 saturated carbocycles. The van der Waals surface area contributed by atoms with Crippen LogP contribution in [0.4, 0.5) is 5.69 Å². The molecule has 14 heavy (non-hydrogen) atoms. The Morgan fingerprint density at radius 1 is 1.50 bits per heavy atom. The Bertz CT molecular complexity index is 400. The van der Waals surface area contributed by atoms with Gasteiger partial charge in [-0.2, -0.15) is 0 Å². The summed E-state index contributed by atoms with van der Waals surface area (Å²) in [6.07, 6.45) is 3.09. The number of sulfonamides is 1. The fourth-order valence-electron chi connectivity index (χ4n) is 1.15. The van der Waals surface area contributed by atoms with Crippen molar-refractivity contribution in [1.82, 2.24) is 10.3 Å². The number of pyridine rings is 1. The van der Waals surface area contributed by atoms with E-state index < -0.39 is 10.0 Å². The Morgan fingerprint density at radius 2 is 2.29 bits per heavy atom. The monoisotopic (exact) mass is 213 g/mol. The highest BCUT2D eigenvalue weighted by atomic mass is 32.2. The van der Waals surface area contributed by atoms with E-state index in [9.17, 15) is 8.42 Å². The van der Waals surface area contributed by atoms with Crippen molar-refractivity contribution in [3.63, 3.8) is 0 Å². The van der Waals surface area contributed by atoms with Crippen molar-refractivity contribution in [2.45, 2.75) is 5.25 Å². The lowest BCUT2D eigenvalue weighted by Gasteiger charge is -2.26. The third-order valence-electron chi connectivity index (χ3n) is 2.10. The van der Waals surface area contributed by atoms with Crippen molar-refractivity contribution in [1.29, 1.82) is 0 Å². The van der Waals surface area contributed by atoms with E-state index in [4.69, 9.17) is 0 Å². The van der Waals surface area contributed by atoms with E-state index in [0.29, 0.717) is 18.8 Å². The number of nitrogens with one attached hydrogen (secondary N) is 2. The standard InChI is InChI=1S/C8H11N3O2S/c12-14(13,8-5-10-6-8)11-7-2-1-3-9-4-7/h1-4,8,10-11H,5-6H2. The normalized spacial score (nSPS) is 17.4. The molecule has 0 spiro atoms. The largest absolute Gasteiger partial charge is 0.314 e. The van der Waals surface area contributed by atoms with Crippen LogP contribution in [-0.4, -0.2) is 31.7 Å². The fourth-order valence-corrected chi connectivity index (χ4v) is 2.44. The van der Waals surface area contributed by atoms with Crippen LogP contribution >= 0.6 is 0 Å². The third kappa shape index (κ3) is 1.85. The van der Waals surface area contributed by atoms with Crippen LogP contribution in [0.25, 0.3) is 0 Å². The molecule has 76 valence electrons. The third-order valence-corrected chi connectivity index (χ3v) is 3.84. The molecule has 1 aromatic heterocycles. The van der Waals surface area contributed by atoms with Crippen LogP contribution in [-0.2, 0) is 10.0 Å². The maximum Gasteiger partial charge on any atom is 0.238 e. The molecular weight excluding hydrogens is 202 g/mol. The van der Waals surface area contributed by atoms with Gasteiger partial charge in [-0.3, -0.25) is 9.71 Å². The molecule has 0 amide bonds. The molecule has 1 aliphatic rings. The molecule has 0 aliphatic carbocycles. The molecule has 0 bridgehead atoms. The van der Waals surface area contributed by atoms with Crippen LogP contribution in [0, 0.1) is 0 Å². The van der Waals surface area contributed by atoms with E-state index in [1.54, 1.807) is 18.3 Å². The number of hydrogen-bond acceptors (Lipinski definition) is 4. The van der Waals surface area contributed by atoms with Gasteiger partial charge in [-0.1, -0.05) is 0 Å². The maximum absolute atomic E-state index is 11.6. The van der Waals surface area contributed by atoms with E-state index in [1.807, 2.05) is 0 Å². The lowest BCUT2D eigenvalue weighted by Crippen LogP contribution is -2.53. The molecular formula is C8H11N3O2S. The summed E-state index contributed by atoms with van der Waals surface area (Å²) in [5.41, 5.74) is 0.513. The molecule has 2 N–H and O–H groups in total. The minimum atomic E-state index is -3.23. The van der Waals surface area contributed by atoms with Crippen LogP contribution < -0.4 is 10.0 Å². The summed E-state index contributed by atoms with van der Waals surface area (Å²) in [7, 11) is -3.23. The van der Waals surface area contributed by atoms with Gasteiger partial charge in [0, 0.05) is 19.3 Å². The highest BCUT2D eigenvalue weighted by Gasteiger charge is 2.30. The lowest BCUT2D eigenvalue weighted by atomic mass is 10.3. The summed E-state index contributed by atoms with van der Waals surface area (Å²) in [5, 5.41) is 2.60. The Labute approximate surface area is 82.6 Å². The van der Waals surface area contributed by atoms with Crippen molar-refractivity contribution < 1.29 is 8.42 Å². The van der Waals surface area contributed by atoms with Gasteiger partial charge < -0.3 is 5.32 Å². The van der Waals surface area contributed by atoms with E-state index in [-0.39, 0.29) is 5.25 Å². The van der Waals surface area contributed by atoms with Gasteiger partial charge in [0.15, 0.2) is 0 Å². The molecule has 1 saturated heterocycles. The molecule has 1 aliphatic heterocycles. The Balaban J connectivity index is 2.10. The first-order chi connectivity index (χ1) is 6.68. The lowest BCUT2D eigenvalue weighted by molar-refractivity contribution is 0.498. The SMILES string of the molecule is O=S(=O)(Nc1cccnc1)C1CNC1. The Hall–Kier alpha value is -1.14. The van der Waals surface area contributed by atoms with Gasteiger partial charge in [-0.15, -0.1) is 0 Å². The van der Waals surface area contributed by atoms with Crippen molar-refractivity contribution in [3.8, 4) is 0 Å². The first kappa shape index (κ1) is 9.42. The summed E-state index contributed by atoms with van der Waals surface area (Å²) in [6.45, 7) is 1.05. The van der Waals surface area contributed by atoms with E-state index in [2.05, 4.69) is 15.0 Å². The van der Waals surface area contributed by atoms with E-state index in [1.165, 1.54) is 6.20 Å². The maximum atomic E-state index is 11.6. The van der Waals surface area contributed by atoms with Crippen molar-refractivity contribution >= 4 is 15.7 Å². The molecule has 2 heterocycles. The average molecular weight is 213 g/mol. The van der Waals surface area contributed by atoms with Crippen LogP contribution in [0.15, 0.2) is 24.5 Å². The van der Waals surface area contributed by atoms with E-state index >= 15 is 0 Å². The summed E-state index contributed by atoms with van der Waals surface area (Å²) in [5.74, 6) is 0. The predicted octanol–water partition coefficient (Wildman–Crippen LogP) is -0.205. The zero-order chi connectivity index (χ0) is 10.0. The zero-order valence-corrected chi connectivity index (χ0v) is 8.29. The van der Waals surface area contributed by atoms with Gasteiger partial charge >= 0.3 is 0 Å². The van der Waals surface area contributed by atoms with Gasteiger partial charge in [0.2, 0.25) is 10.0 Å². The zero-order valence-electron chi connectivity index (χ0n) is 7.47. The average Bonchev–Trinajstić information content (AvgIpc) is 2.00. The number of nitrogens with zero attached hydrogens (tertiary/aromatic N) is 1. The number of aromatic nitrogens is 1. The van der Waals surface area contributed by atoms with Crippen molar-refractivity contribution in [2.24, 2.45) is 0 Å². The number of rotatable bonds is 3. The second kappa shape index (κ2) is 3.55. The summed E-state index contributed by atoms with van der Waals surface area (Å²) in [4.78, 5) is 3.83. The van der Waals surface area contributed by atoms with Gasteiger partial charge in [0.05, 0.1) is 11.9 Å². The van der Waals surface area contributed by atoms with Crippen LogP contribution in [0.3, 0.4) is 0 Å². The van der Waals surface area contributed by atoms with Crippen molar-refractivity contribution in [2.75, 3.05) is 17.8 Å². The van der Waals surface area contributed by atoms with Gasteiger partial charge in [-0.05, 0) is 12.1 Å². The molecule has 0 radical (unpaired) electrons. The second-order valence-corrected chi connectivity index (χ2v) is 5.13. The predicted molar refractivity (Wildman–Crippen MR) is 53.4 cm³/mol. The summed E-state index contributed by atoms with van der Waals surface area (Å²) in [6, 6.07) is 3.37. The van der Waals surface area contributed by atoms with Gasteiger partial charge in [0.1, 0.15) is 5.25 Å². The molecule has 5 nitrogen and oxygen atoms in total. The van der Waals surface area contributed by atoms with Crippen LogP contribution in [0.1, 0.15) is 0 Å². The highest BCUT2D eigenvalue weighted by molar-refractivity contribution is 7.93. The molecule has 1 fully saturated rings. The van der Waals surface area contributed by atoms with E-state index in [0.717, 1.165) is 0 Å². The number of hydrogen-bond donors (Lipinski definition) is 2. The topological polar surface area (TPSA) is 71.1 Å². The van der Waals surface area contributed by atoms with Crippen molar-refractivity contribution in [3.05, 3.63) is 24.5 Å². The first-order valence-corrected chi connectivity index (χ1v) is 5.85. The molecule has 0 unspecified atom stereocenters. The first-order valence-electron chi connectivity index (χ1n) is 4.31. The second-order valence-electron chi connectivity index (χ2n) is 3.17. The molecule has 1 aromatic rings. The Kier molecular flexibility index (Phi) is 2.39.